The van der Waals surface area contributed by atoms with E-state index >= 15 is 0 Å². The summed E-state index contributed by atoms with van der Waals surface area (Å²) < 4.78 is 1.76. The summed E-state index contributed by atoms with van der Waals surface area (Å²) >= 11 is 1.66. The summed E-state index contributed by atoms with van der Waals surface area (Å²) in [6.45, 7) is 5.86. The number of thiophene rings is 1. The summed E-state index contributed by atoms with van der Waals surface area (Å²) in [5, 5.41) is 10.3. The first-order chi connectivity index (χ1) is 13.1. The molecule has 9 heteroatoms. The van der Waals surface area contributed by atoms with Crippen LogP contribution in [0.4, 0.5) is 5.82 Å². The molecule has 142 valence electrons. The molecule has 4 heterocycles. The first kappa shape index (κ1) is 17.9. The van der Waals surface area contributed by atoms with Crippen molar-refractivity contribution in [3.8, 4) is 0 Å². The number of hydrogen-bond donors (Lipinski definition) is 1. The van der Waals surface area contributed by atoms with Crippen molar-refractivity contribution < 1.29 is 4.79 Å². The highest BCUT2D eigenvalue weighted by molar-refractivity contribution is 7.09. The van der Waals surface area contributed by atoms with Gasteiger partial charge in [0.05, 0.1) is 24.2 Å². The fourth-order valence-corrected chi connectivity index (χ4v) is 4.07. The van der Waals surface area contributed by atoms with Gasteiger partial charge < -0.3 is 10.2 Å². The van der Waals surface area contributed by atoms with Crippen molar-refractivity contribution in [1.29, 1.82) is 0 Å². The summed E-state index contributed by atoms with van der Waals surface area (Å²) in [4.78, 5) is 26.9. The molecule has 0 spiro atoms. The Morgan fingerprint density at radius 2 is 2.11 bits per heavy atom. The summed E-state index contributed by atoms with van der Waals surface area (Å²) in [6, 6.07) is 3.90. The Bertz CT molecular complexity index is 915. The van der Waals surface area contributed by atoms with Crippen LogP contribution in [0.5, 0.6) is 0 Å². The Morgan fingerprint density at radius 3 is 2.85 bits per heavy atom. The molecule has 0 aromatic carbocycles. The molecule has 1 atom stereocenters. The van der Waals surface area contributed by atoms with Crippen LogP contribution in [0.3, 0.4) is 0 Å². The molecule has 3 aromatic rings. The van der Waals surface area contributed by atoms with Crippen LogP contribution in [0.1, 0.15) is 11.8 Å². The maximum Gasteiger partial charge on any atom is 0.237 e. The zero-order chi connectivity index (χ0) is 18.8. The Morgan fingerprint density at radius 1 is 1.30 bits per heavy atom. The van der Waals surface area contributed by atoms with E-state index in [-0.39, 0.29) is 11.9 Å². The minimum Gasteiger partial charge on any atom is -0.353 e. The second-order valence-corrected chi connectivity index (χ2v) is 7.73. The van der Waals surface area contributed by atoms with E-state index in [1.165, 1.54) is 4.88 Å². The standard InChI is InChI=1S/C18H23N7OS/c1-13(18(26)19-10-14-4-3-9-27-14)24-5-7-25(8-6-24)17-15-11-22-23(2)16(15)20-12-21-17/h3-4,9,11-13H,5-8,10H2,1-2H3,(H,19,26)/t13-/m1/s1. The lowest BCUT2D eigenvalue weighted by atomic mass is 10.2. The van der Waals surface area contributed by atoms with Crippen LogP contribution >= 0.6 is 11.3 Å². The lowest BCUT2D eigenvalue weighted by Gasteiger charge is -2.38. The van der Waals surface area contributed by atoms with Gasteiger partial charge in [-0.15, -0.1) is 11.3 Å². The number of aromatic nitrogens is 4. The summed E-state index contributed by atoms with van der Waals surface area (Å²) in [5.74, 6) is 0.996. The van der Waals surface area contributed by atoms with Crippen LogP contribution in [0.25, 0.3) is 11.0 Å². The van der Waals surface area contributed by atoms with E-state index in [0.717, 1.165) is 43.0 Å². The molecule has 1 fully saturated rings. The number of aryl methyl sites for hydroxylation is 1. The fourth-order valence-electron chi connectivity index (χ4n) is 3.42. The molecule has 0 radical (unpaired) electrons. The first-order valence-corrected chi connectivity index (χ1v) is 9.93. The number of amides is 1. The molecule has 0 saturated carbocycles. The van der Waals surface area contributed by atoms with Crippen molar-refractivity contribution in [3.05, 3.63) is 34.9 Å². The highest BCUT2D eigenvalue weighted by Gasteiger charge is 2.27. The maximum atomic E-state index is 12.5. The Kier molecular flexibility index (Phi) is 5.04. The molecule has 0 unspecified atom stereocenters. The van der Waals surface area contributed by atoms with Crippen LogP contribution in [0, 0.1) is 0 Å². The minimum atomic E-state index is -0.143. The number of rotatable bonds is 5. The highest BCUT2D eigenvalue weighted by Crippen LogP contribution is 2.23. The molecule has 4 rings (SSSR count). The average Bonchev–Trinajstić information content (AvgIpc) is 3.36. The first-order valence-electron chi connectivity index (χ1n) is 9.05. The lowest BCUT2D eigenvalue weighted by Crippen LogP contribution is -2.54. The van der Waals surface area contributed by atoms with Gasteiger partial charge in [-0.3, -0.25) is 14.4 Å². The number of hydrogen-bond acceptors (Lipinski definition) is 7. The van der Waals surface area contributed by atoms with Crippen LogP contribution in [0.15, 0.2) is 30.0 Å². The van der Waals surface area contributed by atoms with Gasteiger partial charge in [-0.2, -0.15) is 5.10 Å². The number of nitrogens with one attached hydrogen (secondary N) is 1. The van der Waals surface area contributed by atoms with Gasteiger partial charge in [-0.1, -0.05) is 6.07 Å². The molecule has 3 aromatic heterocycles. The molecule has 27 heavy (non-hydrogen) atoms. The van der Waals surface area contributed by atoms with Crippen molar-refractivity contribution in [2.24, 2.45) is 7.05 Å². The Labute approximate surface area is 161 Å². The smallest absolute Gasteiger partial charge is 0.237 e. The van der Waals surface area contributed by atoms with Crippen molar-refractivity contribution in [3.63, 3.8) is 0 Å². The topological polar surface area (TPSA) is 79.2 Å². The number of carbonyl (C=O) groups excluding carboxylic acids is 1. The van der Waals surface area contributed by atoms with Gasteiger partial charge in [0.15, 0.2) is 5.65 Å². The number of carbonyl (C=O) groups is 1. The van der Waals surface area contributed by atoms with E-state index in [0.29, 0.717) is 6.54 Å². The maximum absolute atomic E-state index is 12.5. The predicted molar refractivity (Wildman–Crippen MR) is 106 cm³/mol. The monoisotopic (exact) mass is 385 g/mol. The van der Waals surface area contributed by atoms with Gasteiger partial charge in [0.25, 0.3) is 0 Å². The van der Waals surface area contributed by atoms with Crippen molar-refractivity contribution >= 4 is 34.1 Å². The zero-order valence-electron chi connectivity index (χ0n) is 15.5. The van der Waals surface area contributed by atoms with E-state index in [9.17, 15) is 4.79 Å². The zero-order valence-corrected chi connectivity index (χ0v) is 16.3. The third kappa shape index (κ3) is 3.65. The number of nitrogens with zero attached hydrogens (tertiary/aromatic N) is 6. The average molecular weight is 385 g/mol. The van der Waals surface area contributed by atoms with Gasteiger partial charge in [0.1, 0.15) is 12.1 Å². The second-order valence-electron chi connectivity index (χ2n) is 6.70. The normalized spacial score (nSPS) is 16.6. The number of fused-ring (bicyclic) bond motifs is 1. The van der Waals surface area contributed by atoms with Crippen LogP contribution in [-0.2, 0) is 18.4 Å². The van der Waals surface area contributed by atoms with E-state index < -0.39 is 0 Å². The van der Waals surface area contributed by atoms with Crippen molar-refractivity contribution in [1.82, 2.24) is 30.0 Å². The number of anilines is 1. The Balaban J connectivity index is 1.36. The molecule has 1 aliphatic rings. The quantitative estimate of drug-likeness (QED) is 0.712. The molecular formula is C18H23N7OS. The summed E-state index contributed by atoms with van der Waals surface area (Å²) in [6.07, 6.45) is 3.41. The molecule has 1 N–H and O–H groups in total. The van der Waals surface area contributed by atoms with E-state index in [1.807, 2.05) is 37.7 Å². The predicted octanol–water partition coefficient (Wildman–Crippen LogP) is 1.25. The van der Waals surface area contributed by atoms with Gasteiger partial charge in [0.2, 0.25) is 5.91 Å². The molecular weight excluding hydrogens is 362 g/mol. The van der Waals surface area contributed by atoms with E-state index in [1.54, 1.807) is 22.3 Å². The van der Waals surface area contributed by atoms with E-state index in [2.05, 4.69) is 30.2 Å². The molecule has 1 amide bonds. The van der Waals surface area contributed by atoms with Gasteiger partial charge >= 0.3 is 0 Å². The van der Waals surface area contributed by atoms with E-state index in [4.69, 9.17) is 0 Å². The summed E-state index contributed by atoms with van der Waals surface area (Å²) in [7, 11) is 1.88. The van der Waals surface area contributed by atoms with Crippen LogP contribution in [-0.4, -0.2) is 62.8 Å². The van der Waals surface area contributed by atoms with Gasteiger partial charge in [-0.25, -0.2) is 9.97 Å². The number of piperazine rings is 1. The second kappa shape index (κ2) is 7.61. The van der Waals surface area contributed by atoms with Crippen LogP contribution in [0.2, 0.25) is 0 Å². The lowest BCUT2D eigenvalue weighted by molar-refractivity contribution is -0.126. The third-order valence-electron chi connectivity index (χ3n) is 5.07. The molecule has 1 saturated heterocycles. The van der Waals surface area contributed by atoms with Crippen molar-refractivity contribution in [2.45, 2.75) is 19.5 Å². The highest BCUT2D eigenvalue weighted by atomic mass is 32.1. The fraction of sp³-hybridized carbons (Fsp3) is 0.444. The third-order valence-corrected chi connectivity index (χ3v) is 5.94. The SMILES string of the molecule is C[C@H](C(=O)NCc1cccs1)N1CCN(c2ncnc3c2cnn3C)CC1. The van der Waals surface area contributed by atoms with Crippen molar-refractivity contribution in [2.75, 3.05) is 31.1 Å². The molecule has 0 bridgehead atoms. The van der Waals surface area contributed by atoms with Crippen LogP contribution < -0.4 is 10.2 Å². The molecule has 0 aliphatic carbocycles. The van der Waals surface area contributed by atoms with Gasteiger partial charge in [0, 0.05) is 38.1 Å². The largest absolute Gasteiger partial charge is 0.353 e. The summed E-state index contributed by atoms with van der Waals surface area (Å²) in [5.41, 5.74) is 0.837. The minimum absolute atomic E-state index is 0.0773. The van der Waals surface area contributed by atoms with Gasteiger partial charge in [-0.05, 0) is 18.4 Å². The Hall–Kier alpha value is -2.52. The molecule has 8 nitrogen and oxygen atoms in total. The molecule has 1 aliphatic heterocycles.